The van der Waals surface area contributed by atoms with Gasteiger partial charge in [-0.05, 0) is 39.2 Å². The van der Waals surface area contributed by atoms with E-state index in [1.54, 1.807) is 6.26 Å². The summed E-state index contributed by atoms with van der Waals surface area (Å²) in [4.78, 5) is 7.14. The Balaban J connectivity index is 1.91. The van der Waals surface area contributed by atoms with Gasteiger partial charge in [-0.3, -0.25) is 0 Å². The van der Waals surface area contributed by atoms with E-state index in [-0.39, 0.29) is 5.92 Å². The first kappa shape index (κ1) is 14.5. The molecule has 0 aromatic carbocycles. The molecule has 2 heterocycles. The number of aromatic nitrogens is 1. The molecular formula is C15H27N3O. The molecule has 1 aromatic heterocycles. The van der Waals surface area contributed by atoms with E-state index in [0.717, 1.165) is 18.0 Å². The average molecular weight is 265 g/mol. The van der Waals surface area contributed by atoms with Crippen molar-refractivity contribution in [3.8, 4) is 0 Å². The molecule has 4 heteroatoms. The number of likely N-dealkylation sites (tertiary alicyclic amines) is 1. The highest BCUT2D eigenvalue weighted by Gasteiger charge is 2.23. The smallest absolute Gasteiger partial charge is 0.194 e. The Bertz CT molecular complexity index is 388. The van der Waals surface area contributed by atoms with E-state index < -0.39 is 0 Å². The summed E-state index contributed by atoms with van der Waals surface area (Å²) in [6.07, 6.45) is 5.30. The fourth-order valence-corrected chi connectivity index (χ4v) is 2.75. The predicted molar refractivity (Wildman–Crippen MR) is 77.1 cm³/mol. The Labute approximate surface area is 116 Å². The largest absolute Gasteiger partial charge is 0.449 e. The summed E-state index contributed by atoms with van der Waals surface area (Å²) in [7, 11) is 0. The van der Waals surface area contributed by atoms with Crippen LogP contribution in [0.1, 0.15) is 51.1 Å². The van der Waals surface area contributed by atoms with Crippen LogP contribution in [0.3, 0.4) is 0 Å². The van der Waals surface area contributed by atoms with Gasteiger partial charge < -0.3 is 15.1 Å². The van der Waals surface area contributed by atoms with Crippen LogP contribution in [0, 0.1) is 5.92 Å². The highest BCUT2D eigenvalue weighted by atomic mass is 16.3. The Hall–Kier alpha value is -0.870. The first-order valence-corrected chi connectivity index (χ1v) is 7.48. The summed E-state index contributed by atoms with van der Waals surface area (Å²) < 4.78 is 5.60. The molecule has 1 fully saturated rings. The Morgan fingerprint density at radius 3 is 2.95 bits per heavy atom. The van der Waals surface area contributed by atoms with Gasteiger partial charge in [0.25, 0.3) is 0 Å². The first-order valence-electron chi connectivity index (χ1n) is 7.48. The van der Waals surface area contributed by atoms with Crippen molar-refractivity contribution in [2.75, 3.05) is 19.6 Å². The standard InChI is InChI=1S/C15H27N3O/c1-11(2)18-6-4-5-13(9-18)7-15-17-14(10-19-15)12(3)8-16/h10-13H,4-9,16H2,1-3H3. The zero-order valence-electron chi connectivity index (χ0n) is 12.4. The van der Waals surface area contributed by atoms with E-state index in [2.05, 4.69) is 30.7 Å². The lowest BCUT2D eigenvalue weighted by atomic mass is 9.94. The lowest BCUT2D eigenvalue weighted by molar-refractivity contribution is 0.136. The van der Waals surface area contributed by atoms with E-state index in [1.807, 2.05) is 0 Å². The molecule has 1 saturated heterocycles. The minimum atomic E-state index is 0.288. The van der Waals surface area contributed by atoms with E-state index >= 15 is 0 Å². The van der Waals surface area contributed by atoms with Gasteiger partial charge in [0.15, 0.2) is 5.89 Å². The summed E-state index contributed by atoms with van der Waals surface area (Å²) >= 11 is 0. The Morgan fingerprint density at radius 2 is 2.26 bits per heavy atom. The highest BCUT2D eigenvalue weighted by molar-refractivity contribution is 5.04. The van der Waals surface area contributed by atoms with Crippen LogP contribution in [0.25, 0.3) is 0 Å². The molecule has 0 bridgehead atoms. The Morgan fingerprint density at radius 1 is 1.47 bits per heavy atom. The number of hydrogen-bond acceptors (Lipinski definition) is 4. The van der Waals surface area contributed by atoms with Crippen molar-refractivity contribution in [3.63, 3.8) is 0 Å². The van der Waals surface area contributed by atoms with E-state index in [1.165, 1.54) is 25.9 Å². The summed E-state index contributed by atoms with van der Waals surface area (Å²) in [5, 5.41) is 0. The van der Waals surface area contributed by atoms with E-state index in [0.29, 0.717) is 18.5 Å². The number of piperidine rings is 1. The van der Waals surface area contributed by atoms with E-state index in [4.69, 9.17) is 10.2 Å². The highest BCUT2D eigenvalue weighted by Crippen LogP contribution is 2.23. The lowest BCUT2D eigenvalue weighted by Gasteiger charge is -2.35. The van der Waals surface area contributed by atoms with Crippen LogP contribution in [-0.2, 0) is 6.42 Å². The van der Waals surface area contributed by atoms with Gasteiger partial charge in [0, 0.05) is 31.5 Å². The van der Waals surface area contributed by atoms with Crippen LogP contribution in [0.15, 0.2) is 10.7 Å². The topological polar surface area (TPSA) is 55.3 Å². The van der Waals surface area contributed by atoms with Gasteiger partial charge >= 0.3 is 0 Å². The van der Waals surface area contributed by atoms with Crippen molar-refractivity contribution in [1.29, 1.82) is 0 Å². The molecule has 0 saturated carbocycles. The van der Waals surface area contributed by atoms with Gasteiger partial charge in [0.1, 0.15) is 6.26 Å². The minimum absolute atomic E-state index is 0.288. The van der Waals surface area contributed by atoms with Crippen molar-refractivity contribution in [1.82, 2.24) is 9.88 Å². The van der Waals surface area contributed by atoms with Crippen molar-refractivity contribution in [2.24, 2.45) is 11.7 Å². The van der Waals surface area contributed by atoms with Crippen LogP contribution >= 0.6 is 0 Å². The number of oxazole rings is 1. The van der Waals surface area contributed by atoms with Crippen molar-refractivity contribution in [3.05, 3.63) is 17.8 Å². The molecule has 2 atom stereocenters. The summed E-state index contributed by atoms with van der Waals surface area (Å²) in [6.45, 7) is 9.65. The quantitative estimate of drug-likeness (QED) is 0.888. The molecule has 1 aliphatic heterocycles. The zero-order valence-corrected chi connectivity index (χ0v) is 12.4. The molecule has 0 spiro atoms. The lowest BCUT2D eigenvalue weighted by Crippen LogP contribution is -2.40. The molecule has 0 amide bonds. The van der Waals surface area contributed by atoms with Crippen LogP contribution in [0.2, 0.25) is 0 Å². The van der Waals surface area contributed by atoms with Gasteiger partial charge in [-0.25, -0.2) is 4.98 Å². The Kier molecular flexibility index (Phi) is 4.99. The normalized spacial score (nSPS) is 22.9. The van der Waals surface area contributed by atoms with Gasteiger partial charge in [-0.15, -0.1) is 0 Å². The first-order chi connectivity index (χ1) is 9.10. The van der Waals surface area contributed by atoms with Crippen molar-refractivity contribution < 1.29 is 4.42 Å². The second-order valence-corrected chi connectivity index (χ2v) is 6.10. The average Bonchev–Trinajstić information content (AvgIpc) is 2.86. The van der Waals surface area contributed by atoms with Crippen LogP contribution < -0.4 is 5.73 Å². The minimum Gasteiger partial charge on any atom is -0.449 e. The third-order valence-corrected chi connectivity index (χ3v) is 4.17. The predicted octanol–water partition coefficient (Wildman–Crippen LogP) is 2.40. The third kappa shape index (κ3) is 3.80. The molecule has 2 N–H and O–H groups in total. The molecule has 19 heavy (non-hydrogen) atoms. The third-order valence-electron chi connectivity index (χ3n) is 4.17. The maximum Gasteiger partial charge on any atom is 0.194 e. The molecule has 1 aromatic rings. The second kappa shape index (κ2) is 6.53. The van der Waals surface area contributed by atoms with Crippen molar-refractivity contribution in [2.45, 2.75) is 52.0 Å². The fourth-order valence-electron chi connectivity index (χ4n) is 2.75. The van der Waals surface area contributed by atoms with Crippen LogP contribution in [0.4, 0.5) is 0 Å². The molecule has 0 aliphatic carbocycles. The molecule has 2 unspecified atom stereocenters. The molecule has 0 radical (unpaired) electrons. The maximum absolute atomic E-state index is 5.66. The summed E-state index contributed by atoms with van der Waals surface area (Å²) in [5.41, 5.74) is 6.66. The number of nitrogens with two attached hydrogens (primary N) is 1. The zero-order chi connectivity index (χ0) is 13.8. The van der Waals surface area contributed by atoms with Gasteiger partial charge in [0.05, 0.1) is 5.69 Å². The number of hydrogen-bond donors (Lipinski definition) is 1. The molecule has 2 rings (SSSR count). The van der Waals surface area contributed by atoms with Crippen molar-refractivity contribution >= 4 is 0 Å². The van der Waals surface area contributed by atoms with Gasteiger partial charge in [-0.2, -0.15) is 0 Å². The SMILES string of the molecule is CC(CN)c1coc(CC2CCCN(C(C)C)C2)n1. The van der Waals surface area contributed by atoms with Gasteiger partial charge in [-0.1, -0.05) is 6.92 Å². The maximum atomic E-state index is 5.66. The summed E-state index contributed by atoms with van der Waals surface area (Å²) in [6, 6.07) is 0.639. The van der Waals surface area contributed by atoms with Crippen LogP contribution in [0.5, 0.6) is 0 Å². The summed E-state index contributed by atoms with van der Waals surface area (Å²) in [5.74, 6) is 1.85. The van der Waals surface area contributed by atoms with Crippen LogP contribution in [-0.4, -0.2) is 35.6 Å². The number of rotatable bonds is 5. The molecule has 4 nitrogen and oxygen atoms in total. The molecule has 108 valence electrons. The monoisotopic (exact) mass is 265 g/mol. The second-order valence-electron chi connectivity index (χ2n) is 6.10. The van der Waals surface area contributed by atoms with Gasteiger partial charge in [0.2, 0.25) is 0 Å². The van der Waals surface area contributed by atoms with E-state index in [9.17, 15) is 0 Å². The number of nitrogens with zero attached hydrogens (tertiary/aromatic N) is 2. The molecular weight excluding hydrogens is 238 g/mol. The fraction of sp³-hybridized carbons (Fsp3) is 0.800. The molecule has 1 aliphatic rings.